The normalized spacial score (nSPS) is 21.2. The van der Waals surface area contributed by atoms with Gasteiger partial charge in [0.15, 0.2) is 0 Å². The summed E-state index contributed by atoms with van der Waals surface area (Å²) in [4.78, 5) is 33.6. The maximum Gasteiger partial charge on any atom is 0.410 e. The van der Waals surface area contributed by atoms with E-state index in [-0.39, 0.29) is 95.9 Å². The van der Waals surface area contributed by atoms with E-state index in [2.05, 4.69) is 18.7 Å². The molecule has 3 N–H and O–H groups in total. The maximum absolute atomic E-state index is 14.9. The summed E-state index contributed by atoms with van der Waals surface area (Å²) in [6.07, 6.45) is 7.44. The Hall–Kier alpha value is -6.66. The van der Waals surface area contributed by atoms with E-state index in [0.717, 1.165) is 53.2 Å². The number of hydrogen-bond donors (Lipinski definition) is 3. The van der Waals surface area contributed by atoms with Gasteiger partial charge in [0.2, 0.25) is 5.79 Å². The number of allylic oxidation sites excluding steroid dienone is 1. The number of amides is 1. The summed E-state index contributed by atoms with van der Waals surface area (Å²) < 4.78 is 39.0. The van der Waals surface area contributed by atoms with Crippen molar-refractivity contribution < 1.29 is 58.3 Å². The van der Waals surface area contributed by atoms with Crippen LogP contribution in [0.3, 0.4) is 0 Å². The topological polar surface area (TPSA) is 201 Å². The van der Waals surface area contributed by atoms with Crippen molar-refractivity contribution in [1.29, 1.82) is 0 Å². The predicted molar refractivity (Wildman–Crippen MR) is 279 cm³/mol. The van der Waals surface area contributed by atoms with Crippen molar-refractivity contribution in [2.75, 3.05) is 59.4 Å². The molecule has 3 aliphatic rings. The van der Waals surface area contributed by atoms with Crippen molar-refractivity contribution in [3.63, 3.8) is 0 Å². The van der Waals surface area contributed by atoms with Crippen molar-refractivity contribution >= 4 is 28.3 Å². The van der Waals surface area contributed by atoms with Crippen molar-refractivity contribution in [1.82, 2.24) is 4.90 Å². The Balaban J connectivity index is 1.25. The number of benzene rings is 5. The molecule has 1 aliphatic heterocycles. The number of aliphatic hydroxyl groups excluding tert-OH is 3. The fourth-order valence-electron chi connectivity index (χ4n) is 10.7. The number of non-ortho nitro benzene ring substituents is 1. The van der Waals surface area contributed by atoms with Crippen LogP contribution >= 0.6 is 0 Å². The smallest absolute Gasteiger partial charge is 0.410 e. The third-order valence-corrected chi connectivity index (χ3v) is 14.0. The van der Waals surface area contributed by atoms with Gasteiger partial charge in [-0.3, -0.25) is 15.0 Å². The minimum Gasteiger partial charge on any atom is -0.459 e. The van der Waals surface area contributed by atoms with Crippen LogP contribution in [0.4, 0.5) is 10.5 Å². The van der Waals surface area contributed by atoms with Gasteiger partial charge < -0.3 is 48.6 Å². The van der Waals surface area contributed by atoms with Gasteiger partial charge in [-0.25, -0.2) is 4.79 Å². The number of rotatable bonds is 28. The molecule has 1 saturated carbocycles. The van der Waals surface area contributed by atoms with Crippen molar-refractivity contribution in [2.45, 2.75) is 75.9 Å². The average molecular weight is 1010 g/mol. The Morgan fingerprint density at radius 2 is 1.53 bits per heavy atom. The summed E-state index contributed by atoms with van der Waals surface area (Å²) in [5.74, 6) is -0.877. The zero-order chi connectivity index (χ0) is 51.7. The van der Waals surface area contributed by atoms with Crippen LogP contribution in [0, 0.1) is 27.9 Å². The number of nitrogens with zero attached hydrogens (tertiary/aromatic N) is 3. The maximum atomic E-state index is 14.9. The van der Waals surface area contributed by atoms with Gasteiger partial charge in [-0.15, -0.1) is 6.58 Å². The molecule has 8 rings (SSSR count). The van der Waals surface area contributed by atoms with Crippen molar-refractivity contribution in [2.24, 2.45) is 22.9 Å². The van der Waals surface area contributed by atoms with Crippen LogP contribution in [-0.2, 0) is 37.0 Å². The van der Waals surface area contributed by atoms with E-state index < -0.39 is 28.8 Å². The molecule has 0 bridgehead atoms. The highest BCUT2D eigenvalue weighted by molar-refractivity contribution is 6.03. The fourth-order valence-corrected chi connectivity index (χ4v) is 10.7. The van der Waals surface area contributed by atoms with E-state index in [1.54, 1.807) is 23.1 Å². The Morgan fingerprint density at radius 1 is 0.797 bits per heavy atom. The Bertz CT molecular complexity index is 2700. The van der Waals surface area contributed by atoms with E-state index in [1.165, 1.54) is 12.1 Å². The van der Waals surface area contributed by atoms with E-state index in [9.17, 15) is 30.2 Å². The van der Waals surface area contributed by atoms with Crippen LogP contribution in [0.25, 0.3) is 10.8 Å². The number of fused-ring (bicyclic) bond motifs is 3. The zero-order valence-electron chi connectivity index (χ0n) is 41.7. The lowest BCUT2D eigenvalue weighted by molar-refractivity contribution is -0.384. The van der Waals surface area contributed by atoms with Crippen LogP contribution < -0.4 is 9.47 Å². The van der Waals surface area contributed by atoms with Crippen LogP contribution in [0.15, 0.2) is 145 Å². The summed E-state index contributed by atoms with van der Waals surface area (Å²) in [6, 6.07) is 34.7. The number of oxime groups is 1. The number of carbonyl (C=O) groups excluding carboxylic acids is 1. The number of nitro groups is 1. The van der Waals surface area contributed by atoms with Crippen molar-refractivity contribution in [3.8, 4) is 17.2 Å². The summed E-state index contributed by atoms with van der Waals surface area (Å²) in [5, 5.41) is 48.3. The summed E-state index contributed by atoms with van der Waals surface area (Å²) in [5.41, 5.74) is 3.82. The lowest BCUT2D eigenvalue weighted by atomic mass is 9.55. The quantitative estimate of drug-likeness (QED) is 0.0185. The average Bonchev–Trinajstić information content (AvgIpc) is 3.42. The second-order valence-electron chi connectivity index (χ2n) is 18.8. The first kappa shape index (κ1) is 53.6. The zero-order valence-corrected chi connectivity index (χ0v) is 41.7. The number of hydrogen-bond acceptors (Lipinski definition) is 14. The summed E-state index contributed by atoms with van der Waals surface area (Å²) >= 11 is 0. The summed E-state index contributed by atoms with van der Waals surface area (Å²) in [7, 11) is 0. The molecule has 0 radical (unpaired) electrons. The number of aliphatic hydroxyl groups is 3. The van der Waals surface area contributed by atoms with Gasteiger partial charge in [-0.1, -0.05) is 90.8 Å². The van der Waals surface area contributed by atoms with Gasteiger partial charge in [0.1, 0.15) is 36.5 Å². The van der Waals surface area contributed by atoms with Crippen LogP contribution in [0.5, 0.6) is 17.2 Å². The number of unbranched alkanes of at least 4 members (excludes halogenated alkanes) is 2. The van der Waals surface area contributed by atoms with Gasteiger partial charge in [0.25, 0.3) is 5.69 Å². The van der Waals surface area contributed by atoms with Gasteiger partial charge in [-0.05, 0) is 107 Å². The fraction of sp³-hybridized carbons (Fsp3) is 0.414. The molecule has 0 aromatic heterocycles. The molecule has 74 heavy (non-hydrogen) atoms. The lowest BCUT2D eigenvalue weighted by Gasteiger charge is -2.59. The minimum absolute atomic E-state index is 0.00605. The first-order valence-corrected chi connectivity index (χ1v) is 25.6. The highest BCUT2D eigenvalue weighted by atomic mass is 16.7. The Kier molecular flexibility index (Phi) is 19.2. The summed E-state index contributed by atoms with van der Waals surface area (Å²) in [6.45, 7) is 4.43. The van der Waals surface area contributed by atoms with Crippen LogP contribution in [0.2, 0.25) is 0 Å². The molecule has 1 heterocycles. The molecular weight excluding hydrogens is 947 g/mol. The molecular formula is C58H67N3O13. The molecule has 16 heteroatoms. The predicted octanol–water partition coefficient (Wildman–Crippen LogP) is 10.0. The third kappa shape index (κ3) is 13.0. The number of carbonyl (C=O) groups is 1. The molecule has 5 aromatic carbocycles. The van der Waals surface area contributed by atoms with E-state index in [1.807, 2.05) is 84.9 Å². The molecule has 5 aromatic rings. The largest absolute Gasteiger partial charge is 0.459 e. The molecule has 6 atom stereocenters. The van der Waals surface area contributed by atoms with E-state index in [0.29, 0.717) is 48.0 Å². The molecule has 392 valence electrons. The first-order valence-electron chi connectivity index (χ1n) is 25.6. The molecule has 0 spiro atoms. The molecule has 0 unspecified atom stereocenters. The third-order valence-electron chi connectivity index (χ3n) is 14.0. The van der Waals surface area contributed by atoms with Gasteiger partial charge >= 0.3 is 6.09 Å². The van der Waals surface area contributed by atoms with E-state index >= 15 is 0 Å². The number of nitro benzene ring substituents is 1. The second kappa shape index (κ2) is 26.5. The molecule has 1 fully saturated rings. The first-order chi connectivity index (χ1) is 36.3. The number of ether oxygens (including phenoxy) is 6. The van der Waals surface area contributed by atoms with Crippen LogP contribution in [-0.4, -0.2) is 108 Å². The molecule has 16 nitrogen and oxygen atoms in total. The van der Waals surface area contributed by atoms with Gasteiger partial charge in [0.05, 0.1) is 56.2 Å². The highest BCUT2D eigenvalue weighted by Gasteiger charge is 2.65. The monoisotopic (exact) mass is 1010 g/mol. The second-order valence-corrected chi connectivity index (χ2v) is 18.8. The van der Waals surface area contributed by atoms with Crippen molar-refractivity contribution in [3.05, 3.63) is 166 Å². The standard InChI is InChI=1S/C58H67N3O13/c1-2-30-71-58-54(60(26-31-68-32-29-64)57(65)70-34-33-69-39-41-12-4-3-5-13-41)38-52(59-72-40-42-18-21-46(22-19-42)61(66)67)50-36-45(16-8-10-27-62)49(17-9-11-28-63)55(56(50)58)51-37-48(24-25-53(51)74-58)73-47-23-20-43-14-6-7-15-44(43)35-47/h2-7,12-15,18-25,35-37,45,49,54-56,62-64H,1,8-11,16-17,26-34,38-40H2/t45-,49+,54-,55+,56+,58+/m0/s1. The molecule has 0 saturated heterocycles. The van der Waals surface area contributed by atoms with Crippen LogP contribution in [0.1, 0.15) is 67.6 Å². The highest BCUT2D eigenvalue weighted by Crippen LogP contribution is 2.62. The van der Waals surface area contributed by atoms with E-state index in [4.69, 9.17) is 38.4 Å². The Labute approximate surface area is 431 Å². The lowest BCUT2D eigenvalue weighted by Crippen LogP contribution is -2.70. The van der Waals surface area contributed by atoms with Gasteiger partial charge in [0, 0.05) is 49.8 Å². The Morgan fingerprint density at radius 3 is 2.28 bits per heavy atom. The molecule has 2 aliphatic carbocycles. The molecule has 1 amide bonds. The minimum atomic E-state index is -1.60. The SMILES string of the molecule is C=CCO[C@@]12Oc3ccc(Oc4ccc5ccccc5c4)cc3[C@H]3[C@H](CCCCO)[C@@H](CCCCO)C=C(C(=NOCc4ccc([N+](=O)[O-])cc4)C[C@@H]1N(CCOCCO)C(=O)OCCOCc1ccccc1)[C@H]32. The van der Waals surface area contributed by atoms with Gasteiger partial charge in [-0.2, -0.15) is 0 Å².